The fourth-order valence-corrected chi connectivity index (χ4v) is 5.13. The molecule has 6 nitrogen and oxygen atoms in total. The number of anilines is 1. The molecule has 4 rings (SSSR count). The highest BCUT2D eigenvalue weighted by Crippen LogP contribution is 2.46. The zero-order valence-electron chi connectivity index (χ0n) is 18.2. The van der Waals surface area contributed by atoms with Crippen LogP contribution in [0.25, 0.3) is 5.57 Å². The number of piperidine rings is 1. The van der Waals surface area contributed by atoms with Gasteiger partial charge in [-0.1, -0.05) is 11.5 Å². The van der Waals surface area contributed by atoms with Gasteiger partial charge in [-0.05, 0) is 69.2 Å². The van der Waals surface area contributed by atoms with E-state index >= 15 is 4.39 Å². The number of carbonyl (C=O) groups excluding carboxylic acids is 2. The van der Waals surface area contributed by atoms with Crippen LogP contribution in [0.1, 0.15) is 54.1 Å². The monoisotopic (exact) mass is 424 g/mol. The highest BCUT2D eigenvalue weighted by atomic mass is 19.1. The molecule has 31 heavy (non-hydrogen) atoms. The van der Waals surface area contributed by atoms with E-state index in [1.54, 1.807) is 6.92 Å². The lowest BCUT2D eigenvalue weighted by Gasteiger charge is -2.36. The van der Waals surface area contributed by atoms with Gasteiger partial charge in [-0.15, -0.1) is 0 Å². The molecule has 2 aliphatic heterocycles. The van der Waals surface area contributed by atoms with Crippen molar-refractivity contribution in [2.24, 2.45) is 5.73 Å². The van der Waals surface area contributed by atoms with Crippen molar-refractivity contribution in [2.75, 3.05) is 38.1 Å². The Balaban J connectivity index is 1.74. The largest absolute Gasteiger partial charge is 0.367 e. The van der Waals surface area contributed by atoms with Gasteiger partial charge in [-0.25, -0.2) is 4.39 Å². The summed E-state index contributed by atoms with van der Waals surface area (Å²) in [5.74, 6) is 3.82. The van der Waals surface area contributed by atoms with Gasteiger partial charge >= 0.3 is 0 Å². The predicted octanol–water partition coefficient (Wildman–Crippen LogP) is 2.07. The zero-order chi connectivity index (χ0) is 22.1. The topological polar surface area (TPSA) is 78.7 Å². The SMILES string of the molecule is CC#CC(=O)N[C@H]1CCCN(c2c(F)cc(C(N)=O)c3c2C2=C(CCN(C)CC2)C3)C1. The van der Waals surface area contributed by atoms with Gasteiger partial charge in [0.15, 0.2) is 0 Å². The molecule has 3 N–H and O–H groups in total. The van der Waals surface area contributed by atoms with E-state index in [9.17, 15) is 9.59 Å². The van der Waals surface area contributed by atoms with Crippen LogP contribution in [0.3, 0.4) is 0 Å². The maximum atomic E-state index is 15.5. The number of primary amides is 1. The molecule has 7 heteroatoms. The van der Waals surface area contributed by atoms with Crippen molar-refractivity contribution in [1.82, 2.24) is 10.2 Å². The van der Waals surface area contributed by atoms with Crippen molar-refractivity contribution in [3.63, 3.8) is 0 Å². The van der Waals surface area contributed by atoms with Crippen LogP contribution in [0.4, 0.5) is 10.1 Å². The highest BCUT2D eigenvalue weighted by Gasteiger charge is 2.34. The van der Waals surface area contributed by atoms with Gasteiger partial charge in [-0.3, -0.25) is 9.59 Å². The van der Waals surface area contributed by atoms with Crippen molar-refractivity contribution in [2.45, 2.75) is 45.1 Å². The number of halogens is 1. The summed E-state index contributed by atoms with van der Waals surface area (Å²) in [5, 5.41) is 2.94. The molecular formula is C24H29FN4O2. The van der Waals surface area contributed by atoms with Gasteiger partial charge in [0.05, 0.1) is 5.69 Å². The fraction of sp³-hybridized carbons (Fsp3) is 0.500. The van der Waals surface area contributed by atoms with Crippen molar-refractivity contribution in [1.29, 1.82) is 0 Å². The predicted molar refractivity (Wildman–Crippen MR) is 119 cm³/mol. The molecule has 1 aromatic rings. The van der Waals surface area contributed by atoms with Gasteiger partial charge in [0.25, 0.3) is 5.91 Å². The van der Waals surface area contributed by atoms with Gasteiger partial charge in [0.2, 0.25) is 5.91 Å². The molecule has 1 fully saturated rings. The minimum Gasteiger partial charge on any atom is -0.367 e. The van der Waals surface area contributed by atoms with Crippen LogP contribution in [0, 0.1) is 17.7 Å². The quantitative estimate of drug-likeness (QED) is 0.729. The number of fused-ring (bicyclic) bond motifs is 2. The number of amides is 2. The average molecular weight is 425 g/mol. The number of hydrogen-bond acceptors (Lipinski definition) is 4. The van der Waals surface area contributed by atoms with Gasteiger partial charge in [-0.2, -0.15) is 0 Å². The second kappa shape index (κ2) is 8.72. The maximum Gasteiger partial charge on any atom is 0.296 e. The molecule has 1 aromatic carbocycles. The lowest BCUT2D eigenvalue weighted by Crippen LogP contribution is -2.48. The molecule has 1 atom stereocenters. The molecule has 3 aliphatic rings. The standard InChI is InChI=1S/C24H29FN4O2/c1-3-5-21(30)27-16-6-4-9-29(14-16)23-20(25)13-19(24(26)31)18-12-15-7-10-28(2)11-8-17(15)22(18)23/h13,16H,4,6-12,14H2,1-2H3,(H2,26,31)(H,27,30)/t16-/m0/s1. The molecule has 2 amide bonds. The summed E-state index contributed by atoms with van der Waals surface area (Å²) in [7, 11) is 2.10. The Kier molecular flexibility index (Phi) is 6.01. The van der Waals surface area contributed by atoms with Crippen LogP contribution >= 0.6 is 0 Å². The van der Waals surface area contributed by atoms with E-state index in [2.05, 4.69) is 29.1 Å². The van der Waals surface area contributed by atoms with Crippen LogP contribution in [-0.2, 0) is 11.2 Å². The lowest BCUT2D eigenvalue weighted by atomic mass is 9.93. The van der Waals surface area contributed by atoms with E-state index in [1.165, 1.54) is 17.2 Å². The molecular weight excluding hydrogens is 395 g/mol. The fourth-order valence-electron chi connectivity index (χ4n) is 5.13. The number of rotatable bonds is 3. The summed E-state index contributed by atoms with van der Waals surface area (Å²) in [4.78, 5) is 28.4. The molecule has 0 spiro atoms. The second-order valence-electron chi connectivity index (χ2n) is 8.67. The molecule has 0 radical (unpaired) electrons. The first-order valence-electron chi connectivity index (χ1n) is 10.9. The molecule has 164 valence electrons. The van der Waals surface area contributed by atoms with Crippen LogP contribution in [0.15, 0.2) is 11.6 Å². The van der Waals surface area contributed by atoms with Crippen LogP contribution in [0.5, 0.6) is 0 Å². The van der Waals surface area contributed by atoms with E-state index < -0.39 is 11.7 Å². The van der Waals surface area contributed by atoms with Crippen molar-refractivity contribution < 1.29 is 14.0 Å². The van der Waals surface area contributed by atoms with E-state index in [4.69, 9.17) is 5.73 Å². The van der Waals surface area contributed by atoms with E-state index in [0.29, 0.717) is 25.2 Å². The van der Waals surface area contributed by atoms with Gasteiger partial charge < -0.3 is 20.9 Å². The summed E-state index contributed by atoms with van der Waals surface area (Å²) in [6.07, 6.45) is 4.06. The first kappa shape index (κ1) is 21.4. The Hall–Kier alpha value is -2.85. The summed E-state index contributed by atoms with van der Waals surface area (Å²) >= 11 is 0. The summed E-state index contributed by atoms with van der Waals surface area (Å²) in [6, 6.07) is 1.21. The van der Waals surface area contributed by atoms with Crippen LogP contribution < -0.4 is 16.0 Å². The summed E-state index contributed by atoms with van der Waals surface area (Å²) in [5.41, 5.74) is 10.6. The number of benzene rings is 1. The van der Waals surface area contributed by atoms with E-state index in [-0.39, 0.29) is 17.5 Å². The minimum atomic E-state index is -0.585. The number of nitrogens with one attached hydrogen (secondary N) is 1. The van der Waals surface area contributed by atoms with Crippen LogP contribution in [-0.4, -0.2) is 56.0 Å². The molecule has 2 heterocycles. The van der Waals surface area contributed by atoms with Crippen molar-refractivity contribution in [3.8, 4) is 11.8 Å². The number of hydrogen-bond donors (Lipinski definition) is 2. The third-order valence-corrected chi connectivity index (χ3v) is 6.60. The van der Waals surface area contributed by atoms with E-state index in [0.717, 1.165) is 49.9 Å². The third kappa shape index (κ3) is 4.17. The first-order valence-corrected chi connectivity index (χ1v) is 10.9. The molecule has 0 saturated carbocycles. The number of carbonyl (C=O) groups is 2. The normalized spacial score (nSPS) is 21.0. The van der Waals surface area contributed by atoms with Gasteiger partial charge in [0, 0.05) is 43.3 Å². The summed E-state index contributed by atoms with van der Waals surface area (Å²) < 4.78 is 15.5. The Morgan fingerprint density at radius 1 is 1.26 bits per heavy atom. The molecule has 0 unspecified atom stereocenters. The Labute approximate surface area is 182 Å². The van der Waals surface area contributed by atoms with Gasteiger partial charge in [0.1, 0.15) is 5.82 Å². The Bertz CT molecular complexity index is 1020. The number of nitrogens with zero attached hydrogens (tertiary/aromatic N) is 2. The van der Waals surface area contributed by atoms with Crippen molar-refractivity contribution >= 4 is 23.1 Å². The maximum absolute atomic E-state index is 15.5. The van der Waals surface area contributed by atoms with E-state index in [1.807, 2.05) is 4.90 Å². The minimum absolute atomic E-state index is 0.0944. The lowest BCUT2D eigenvalue weighted by molar-refractivity contribution is -0.116. The second-order valence-corrected chi connectivity index (χ2v) is 8.67. The zero-order valence-corrected chi connectivity index (χ0v) is 18.2. The number of nitrogens with two attached hydrogens (primary N) is 1. The molecule has 1 aliphatic carbocycles. The Morgan fingerprint density at radius 2 is 2.03 bits per heavy atom. The molecule has 0 aromatic heterocycles. The average Bonchev–Trinajstić information content (AvgIpc) is 2.97. The van der Waals surface area contributed by atoms with Crippen molar-refractivity contribution in [3.05, 3.63) is 34.1 Å². The first-order chi connectivity index (χ1) is 14.9. The summed E-state index contributed by atoms with van der Waals surface area (Å²) in [6.45, 7) is 4.69. The Morgan fingerprint density at radius 3 is 2.77 bits per heavy atom. The van der Waals surface area contributed by atoms with Crippen LogP contribution in [0.2, 0.25) is 0 Å². The third-order valence-electron chi connectivity index (χ3n) is 6.60. The molecule has 0 bridgehead atoms. The highest BCUT2D eigenvalue weighted by molar-refractivity contribution is 5.99. The smallest absolute Gasteiger partial charge is 0.296 e. The molecule has 1 saturated heterocycles.